The summed E-state index contributed by atoms with van der Waals surface area (Å²) in [6.07, 6.45) is 1.11. The van der Waals surface area contributed by atoms with Crippen molar-refractivity contribution < 1.29 is 9.53 Å². The Morgan fingerprint density at radius 1 is 1.53 bits per heavy atom. The molecule has 0 aliphatic carbocycles. The monoisotopic (exact) mass is 338 g/mol. The number of hydrogen-bond acceptors (Lipinski definition) is 2. The van der Waals surface area contributed by atoms with Crippen LogP contribution < -0.4 is 0 Å². The first-order valence-corrected chi connectivity index (χ1v) is 6.07. The minimum absolute atomic E-state index is 0.245. The van der Waals surface area contributed by atoms with Crippen LogP contribution in [0.1, 0.15) is 18.1 Å². The lowest BCUT2D eigenvalue weighted by atomic mass is 10.0. The van der Waals surface area contributed by atoms with E-state index in [0.717, 1.165) is 21.1 Å². The standard InChI is InChI=1S/C11H12ClIO2/c1-3-7-4-8(13)5-10(12)9(7)6-11(14)15-2/h4-5H,3,6H2,1-2H3. The van der Waals surface area contributed by atoms with Crippen LogP contribution in [0.5, 0.6) is 0 Å². The van der Waals surface area contributed by atoms with E-state index in [1.807, 2.05) is 19.1 Å². The molecule has 0 amide bonds. The second-order valence-corrected chi connectivity index (χ2v) is 4.78. The van der Waals surface area contributed by atoms with Gasteiger partial charge in [-0.2, -0.15) is 0 Å². The summed E-state index contributed by atoms with van der Waals surface area (Å²) >= 11 is 8.32. The van der Waals surface area contributed by atoms with Crippen molar-refractivity contribution in [1.82, 2.24) is 0 Å². The van der Waals surface area contributed by atoms with Crippen molar-refractivity contribution >= 4 is 40.2 Å². The van der Waals surface area contributed by atoms with E-state index in [2.05, 4.69) is 27.3 Å². The van der Waals surface area contributed by atoms with Crippen LogP contribution in [-0.2, 0) is 22.4 Å². The maximum Gasteiger partial charge on any atom is 0.310 e. The van der Waals surface area contributed by atoms with Crippen LogP contribution in [0.4, 0.5) is 0 Å². The molecule has 82 valence electrons. The van der Waals surface area contributed by atoms with Gasteiger partial charge < -0.3 is 4.74 Å². The summed E-state index contributed by atoms with van der Waals surface area (Å²) in [6.45, 7) is 2.04. The van der Waals surface area contributed by atoms with Gasteiger partial charge in [0.05, 0.1) is 13.5 Å². The highest BCUT2D eigenvalue weighted by Crippen LogP contribution is 2.24. The number of esters is 1. The number of halogens is 2. The molecule has 0 N–H and O–H groups in total. The molecule has 0 saturated heterocycles. The van der Waals surface area contributed by atoms with Crippen molar-refractivity contribution in [2.75, 3.05) is 7.11 Å². The fourth-order valence-electron chi connectivity index (χ4n) is 1.39. The Kier molecular flexibility index (Phi) is 4.86. The molecule has 1 rings (SSSR count). The summed E-state index contributed by atoms with van der Waals surface area (Å²) in [6, 6.07) is 3.91. The third-order valence-electron chi connectivity index (χ3n) is 2.18. The summed E-state index contributed by atoms with van der Waals surface area (Å²) in [4.78, 5) is 11.2. The van der Waals surface area contributed by atoms with Gasteiger partial charge in [0.2, 0.25) is 0 Å². The van der Waals surface area contributed by atoms with Crippen LogP contribution in [0.25, 0.3) is 0 Å². The van der Waals surface area contributed by atoms with E-state index < -0.39 is 0 Å². The SMILES string of the molecule is CCc1cc(I)cc(Cl)c1CC(=O)OC. The maximum atomic E-state index is 11.2. The summed E-state index contributed by atoms with van der Waals surface area (Å²) < 4.78 is 5.73. The highest BCUT2D eigenvalue weighted by Gasteiger charge is 2.12. The molecule has 0 heterocycles. The van der Waals surface area contributed by atoms with Gasteiger partial charge in [0.15, 0.2) is 0 Å². The highest BCUT2D eigenvalue weighted by atomic mass is 127. The second kappa shape index (κ2) is 5.70. The van der Waals surface area contributed by atoms with Gasteiger partial charge in [0, 0.05) is 8.59 Å². The number of hydrogen-bond donors (Lipinski definition) is 0. The van der Waals surface area contributed by atoms with E-state index in [1.54, 1.807) is 0 Å². The van der Waals surface area contributed by atoms with E-state index in [9.17, 15) is 4.79 Å². The number of aryl methyl sites for hydroxylation is 1. The van der Waals surface area contributed by atoms with E-state index in [-0.39, 0.29) is 12.4 Å². The molecule has 0 fully saturated rings. The number of rotatable bonds is 3. The van der Waals surface area contributed by atoms with Crippen LogP contribution in [0.15, 0.2) is 12.1 Å². The number of benzene rings is 1. The largest absolute Gasteiger partial charge is 0.469 e. The lowest BCUT2D eigenvalue weighted by Gasteiger charge is -2.09. The van der Waals surface area contributed by atoms with Gasteiger partial charge in [-0.15, -0.1) is 0 Å². The normalized spacial score (nSPS) is 10.1. The third kappa shape index (κ3) is 3.34. The molecule has 1 aromatic rings. The molecule has 0 aliphatic rings. The van der Waals surface area contributed by atoms with Crippen molar-refractivity contribution in [3.63, 3.8) is 0 Å². The van der Waals surface area contributed by atoms with Crippen molar-refractivity contribution in [2.24, 2.45) is 0 Å². The van der Waals surface area contributed by atoms with E-state index in [1.165, 1.54) is 7.11 Å². The number of carbonyl (C=O) groups is 1. The Morgan fingerprint density at radius 2 is 2.20 bits per heavy atom. The summed E-state index contributed by atoms with van der Waals surface area (Å²) in [5.74, 6) is -0.257. The Morgan fingerprint density at radius 3 is 2.73 bits per heavy atom. The van der Waals surface area contributed by atoms with Crippen molar-refractivity contribution in [2.45, 2.75) is 19.8 Å². The second-order valence-electron chi connectivity index (χ2n) is 3.13. The molecule has 0 bridgehead atoms. The molecule has 15 heavy (non-hydrogen) atoms. The minimum Gasteiger partial charge on any atom is -0.469 e. The van der Waals surface area contributed by atoms with Gasteiger partial charge in [-0.1, -0.05) is 18.5 Å². The summed E-state index contributed by atoms with van der Waals surface area (Å²) in [5.41, 5.74) is 1.99. The third-order valence-corrected chi connectivity index (χ3v) is 3.14. The number of ether oxygens (including phenoxy) is 1. The average Bonchev–Trinajstić information content (AvgIpc) is 2.21. The Balaban J connectivity index is 3.09. The molecule has 0 aliphatic heterocycles. The molecular formula is C11H12ClIO2. The van der Waals surface area contributed by atoms with E-state index in [4.69, 9.17) is 11.6 Å². The van der Waals surface area contributed by atoms with Gasteiger partial charge in [-0.25, -0.2) is 0 Å². The quantitative estimate of drug-likeness (QED) is 0.625. The van der Waals surface area contributed by atoms with Gasteiger partial charge in [-0.05, 0) is 52.3 Å². The summed E-state index contributed by atoms with van der Waals surface area (Å²) in [5, 5.41) is 0.643. The number of carbonyl (C=O) groups excluding carboxylic acids is 1. The van der Waals surface area contributed by atoms with Crippen molar-refractivity contribution in [1.29, 1.82) is 0 Å². The van der Waals surface area contributed by atoms with Gasteiger partial charge >= 0.3 is 5.97 Å². The van der Waals surface area contributed by atoms with Crippen LogP contribution in [0.2, 0.25) is 5.02 Å². The molecule has 0 aromatic heterocycles. The predicted octanol–water partition coefficient (Wildman–Crippen LogP) is 3.22. The first kappa shape index (κ1) is 12.8. The average molecular weight is 339 g/mol. The van der Waals surface area contributed by atoms with Crippen LogP contribution in [0, 0.1) is 3.57 Å². The molecule has 0 radical (unpaired) electrons. The Hall–Kier alpha value is -0.290. The molecule has 1 aromatic carbocycles. The lowest BCUT2D eigenvalue weighted by molar-refractivity contribution is -0.139. The first-order chi connectivity index (χ1) is 7.08. The molecule has 0 atom stereocenters. The molecule has 0 unspecified atom stereocenters. The van der Waals surface area contributed by atoms with Crippen LogP contribution in [-0.4, -0.2) is 13.1 Å². The van der Waals surface area contributed by atoms with Gasteiger partial charge in [0.1, 0.15) is 0 Å². The lowest BCUT2D eigenvalue weighted by Crippen LogP contribution is -2.07. The first-order valence-electron chi connectivity index (χ1n) is 4.62. The zero-order valence-electron chi connectivity index (χ0n) is 8.64. The van der Waals surface area contributed by atoms with Crippen LogP contribution >= 0.6 is 34.2 Å². The maximum absolute atomic E-state index is 11.2. The molecule has 4 heteroatoms. The fraction of sp³-hybridized carbons (Fsp3) is 0.364. The van der Waals surface area contributed by atoms with Gasteiger partial charge in [-0.3, -0.25) is 4.79 Å². The van der Waals surface area contributed by atoms with Crippen molar-refractivity contribution in [3.8, 4) is 0 Å². The van der Waals surface area contributed by atoms with Crippen LogP contribution in [0.3, 0.4) is 0 Å². The topological polar surface area (TPSA) is 26.3 Å². The molecular weight excluding hydrogens is 326 g/mol. The van der Waals surface area contributed by atoms with Gasteiger partial charge in [0.25, 0.3) is 0 Å². The number of methoxy groups -OCH3 is 1. The predicted molar refractivity (Wildman–Crippen MR) is 69.3 cm³/mol. The Bertz CT molecular complexity index is 377. The smallest absolute Gasteiger partial charge is 0.310 e. The van der Waals surface area contributed by atoms with E-state index >= 15 is 0 Å². The highest BCUT2D eigenvalue weighted by molar-refractivity contribution is 14.1. The minimum atomic E-state index is -0.257. The molecule has 0 spiro atoms. The summed E-state index contributed by atoms with van der Waals surface area (Å²) in [7, 11) is 1.38. The van der Waals surface area contributed by atoms with Crippen molar-refractivity contribution in [3.05, 3.63) is 31.9 Å². The molecule has 2 nitrogen and oxygen atoms in total. The fourth-order valence-corrected chi connectivity index (χ4v) is 2.56. The van der Waals surface area contributed by atoms with E-state index in [0.29, 0.717) is 5.02 Å². The molecule has 0 saturated carbocycles. The zero-order valence-corrected chi connectivity index (χ0v) is 11.6. The Labute approximate surface area is 108 Å². The zero-order chi connectivity index (χ0) is 11.4.